The predicted octanol–water partition coefficient (Wildman–Crippen LogP) is 9.71. The van der Waals surface area contributed by atoms with E-state index in [2.05, 4.69) is 111 Å². The van der Waals surface area contributed by atoms with Gasteiger partial charge in [-0.1, -0.05) is 119 Å². The third kappa shape index (κ3) is 4.26. The van der Waals surface area contributed by atoms with Crippen LogP contribution in [-0.4, -0.2) is 23.8 Å². The number of aromatic nitrogens is 5. The molecule has 0 spiro atoms. The van der Waals surface area contributed by atoms with Gasteiger partial charge in [0.15, 0.2) is 0 Å². The summed E-state index contributed by atoms with van der Waals surface area (Å²) in [6.07, 6.45) is 9.44. The summed E-state index contributed by atoms with van der Waals surface area (Å²) in [5, 5.41) is 4.89. The summed E-state index contributed by atoms with van der Waals surface area (Å²) >= 11 is 0. The maximum Gasteiger partial charge on any atom is 2.00 e. The molecule has 6 nitrogen and oxygen atoms in total. The number of hydrogen-bond acceptors (Lipinski definition) is 4. The summed E-state index contributed by atoms with van der Waals surface area (Å²) in [5.41, 5.74) is 9.28. The fourth-order valence-electron chi connectivity index (χ4n) is 6.93. The Bertz CT molecular complexity index is 2830. The zero-order valence-corrected chi connectivity index (χ0v) is 27.5. The Labute approximate surface area is 289 Å². The van der Waals surface area contributed by atoms with Crippen LogP contribution in [0.3, 0.4) is 0 Å². The van der Waals surface area contributed by atoms with Gasteiger partial charge in [0.1, 0.15) is 0 Å². The second kappa shape index (κ2) is 11.1. The topological polar surface area (TPSA) is 56.7 Å². The van der Waals surface area contributed by atoms with Gasteiger partial charge in [0.2, 0.25) is 0 Å². The third-order valence-electron chi connectivity index (χ3n) is 8.94. The van der Waals surface area contributed by atoms with Crippen molar-refractivity contribution in [1.29, 1.82) is 0 Å². The van der Waals surface area contributed by atoms with E-state index in [9.17, 15) is 0 Å². The molecule has 5 aromatic heterocycles. The van der Waals surface area contributed by atoms with E-state index in [0.29, 0.717) is 11.5 Å². The van der Waals surface area contributed by atoms with Crippen molar-refractivity contribution in [3.8, 4) is 33.8 Å². The third-order valence-corrected chi connectivity index (χ3v) is 8.94. The molecule has 0 unspecified atom stereocenters. The second-order valence-electron chi connectivity index (χ2n) is 11.6. The van der Waals surface area contributed by atoms with Crippen LogP contribution in [0.2, 0.25) is 0 Å². The van der Waals surface area contributed by atoms with E-state index in [-0.39, 0.29) is 21.1 Å². The van der Waals surface area contributed by atoms with E-state index < -0.39 is 0 Å². The van der Waals surface area contributed by atoms with Crippen LogP contribution in [-0.2, 0) is 21.1 Å². The molecule has 48 heavy (non-hydrogen) atoms. The fraction of sp³-hybridized carbons (Fsp3) is 0. The average molecular weight is 797 g/mol. The van der Waals surface area contributed by atoms with Gasteiger partial charge in [-0.2, -0.15) is 0 Å². The van der Waals surface area contributed by atoms with Crippen molar-refractivity contribution >= 4 is 54.8 Å². The minimum absolute atomic E-state index is 0. The Hall–Kier alpha value is -5.84. The molecule has 228 valence electrons. The van der Waals surface area contributed by atoms with Crippen LogP contribution in [0.1, 0.15) is 0 Å². The van der Waals surface area contributed by atoms with Gasteiger partial charge >= 0.3 is 21.1 Å². The van der Waals surface area contributed by atoms with E-state index in [1.54, 1.807) is 6.20 Å². The van der Waals surface area contributed by atoms with Gasteiger partial charge in [-0.3, -0.25) is 15.0 Å². The van der Waals surface area contributed by atoms with Crippen molar-refractivity contribution in [2.45, 2.75) is 0 Å². The summed E-state index contributed by atoms with van der Waals surface area (Å²) in [4.78, 5) is 14.1. The summed E-state index contributed by atoms with van der Waals surface area (Å²) in [6.45, 7) is 0. The van der Waals surface area contributed by atoms with Gasteiger partial charge < -0.3 is 13.5 Å². The maximum atomic E-state index is 6.43. The van der Waals surface area contributed by atoms with Crippen LogP contribution in [0.15, 0.2) is 140 Å². The molecule has 0 aliphatic rings. The number of pyridine rings is 3. The Kier molecular flexibility index (Phi) is 6.59. The molecule has 0 radical (unpaired) electrons. The number of benzene rings is 5. The van der Waals surface area contributed by atoms with Crippen LogP contribution in [0.5, 0.6) is 11.5 Å². The fourth-order valence-corrected chi connectivity index (χ4v) is 6.93. The van der Waals surface area contributed by atoms with Crippen LogP contribution in [0.25, 0.3) is 77.0 Å². The first-order valence-electron chi connectivity index (χ1n) is 15.4. The van der Waals surface area contributed by atoms with E-state index in [1.165, 1.54) is 11.1 Å². The molecule has 0 atom stereocenters. The molecule has 0 bridgehead atoms. The zero-order chi connectivity index (χ0) is 30.9. The molecule has 0 aliphatic carbocycles. The minimum atomic E-state index is 0. The molecule has 0 aliphatic heterocycles. The SMILES string of the molecule is [Pt+2].[c-]1c(Oc2[c-]c3c(cc2)c2ccc(-c4ccccc4)c(-c4ccccc4)c2n2ccnc32)ccc2c1c1nccn1c1cccnc21. The number of ether oxygens (including phenoxy) is 1. The molecule has 0 fully saturated rings. The standard InChI is InChI=1S/C41H23N5O.Pt/c1-3-8-26(9-4-1)30-17-18-33-31-15-13-28(24-34(31)41-44-21-23-46(41)39(33)37(30)27-10-5-2-6-11-27)47-29-14-16-32-35(25-29)40-43-20-22-45(40)36-12-7-19-42-38(32)36;/h1-23H;/q-2;+2. The molecular formula is C41H23N5OPt. The van der Waals surface area contributed by atoms with Crippen molar-refractivity contribution in [2.75, 3.05) is 0 Å². The number of imidazole rings is 2. The molecule has 0 amide bonds. The van der Waals surface area contributed by atoms with Crippen molar-refractivity contribution in [3.63, 3.8) is 0 Å². The summed E-state index contributed by atoms with van der Waals surface area (Å²) < 4.78 is 10.7. The molecule has 10 rings (SSSR count). The summed E-state index contributed by atoms with van der Waals surface area (Å²) in [6, 6.07) is 44.6. The van der Waals surface area contributed by atoms with Crippen molar-refractivity contribution in [1.82, 2.24) is 23.8 Å². The minimum Gasteiger partial charge on any atom is -0.497 e. The van der Waals surface area contributed by atoms with Gasteiger partial charge in [0.25, 0.3) is 0 Å². The largest absolute Gasteiger partial charge is 2.00 e. The summed E-state index contributed by atoms with van der Waals surface area (Å²) in [7, 11) is 0. The Morgan fingerprint density at radius 2 is 1.15 bits per heavy atom. The van der Waals surface area contributed by atoms with Gasteiger partial charge in [0.05, 0.1) is 22.3 Å². The van der Waals surface area contributed by atoms with Crippen LogP contribution < -0.4 is 4.74 Å². The molecule has 5 heterocycles. The quantitative estimate of drug-likeness (QED) is 0.132. The first kappa shape index (κ1) is 28.4. The van der Waals surface area contributed by atoms with E-state index in [1.807, 2.05) is 53.5 Å². The molecule has 0 saturated carbocycles. The number of rotatable bonds is 4. The first-order valence-corrected chi connectivity index (χ1v) is 15.4. The summed E-state index contributed by atoms with van der Waals surface area (Å²) in [5.74, 6) is 1.16. The molecule has 0 saturated heterocycles. The Morgan fingerprint density at radius 1 is 0.521 bits per heavy atom. The normalized spacial score (nSPS) is 11.6. The molecule has 10 aromatic rings. The van der Waals surface area contributed by atoms with E-state index >= 15 is 0 Å². The monoisotopic (exact) mass is 796 g/mol. The Morgan fingerprint density at radius 3 is 1.90 bits per heavy atom. The number of fused-ring (bicyclic) bond motifs is 12. The van der Waals surface area contributed by atoms with Crippen molar-refractivity contribution in [2.24, 2.45) is 0 Å². The average Bonchev–Trinajstić information content (AvgIpc) is 3.84. The molecule has 0 N–H and O–H groups in total. The number of nitrogens with zero attached hydrogens (tertiary/aromatic N) is 5. The zero-order valence-electron chi connectivity index (χ0n) is 25.2. The first-order chi connectivity index (χ1) is 23.3. The smallest absolute Gasteiger partial charge is 0.497 e. The van der Waals surface area contributed by atoms with Gasteiger partial charge in [0, 0.05) is 53.6 Å². The predicted molar refractivity (Wildman–Crippen MR) is 187 cm³/mol. The van der Waals surface area contributed by atoms with E-state index in [0.717, 1.165) is 65.9 Å². The van der Waals surface area contributed by atoms with Crippen molar-refractivity contribution in [3.05, 3.63) is 152 Å². The molecular weight excluding hydrogens is 774 g/mol. The van der Waals surface area contributed by atoms with Gasteiger partial charge in [-0.15, -0.1) is 12.1 Å². The maximum absolute atomic E-state index is 6.43. The van der Waals surface area contributed by atoms with E-state index in [4.69, 9.17) is 9.72 Å². The molecule has 5 aromatic carbocycles. The number of hydrogen-bond donors (Lipinski definition) is 0. The van der Waals surface area contributed by atoms with Gasteiger partial charge in [-0.05, 0) is 34.2 Å². The van der Waals surface area contributed by atoms with Crippen LogP contribution in [0, 0.1) is 12.1 Å². The van der Waals surface area contributed by atoms with Crippen LogP contribution in [0.4, 0.5) is 0 Å². The Balaban J connectivity index is 0.00000314. The van der Waals surface area contributed by atoms with Crippen LogP contribution >= 0.6 is 0 Å². The van der Waals surface area contributed by atoms with Crippen molar-refractivity contribution < 1.29 is 25.8 Å². The second-order valence-corrected chi connectivity index (χ2v) is 11.6. The van der Waals surface area contributed by atoms with Gasteiger partial charge in [-0.25, -0.2) is 0 Å². The molecule has 7 heteroatoms.